The van der Waals surface area contributed by atoms with Crippen molar-refractivity contribution in [3.63, 3.8) is 0 Å². The molecule has 1 amide bonds. The highest BCUT2D eigenvalue weighted by molar-refractivity contribution is 5.92. The zero-order valence-electron chi connectivity index (χ0n) is 11.7. The van der Waals surface area contributed by atoms with Gasteiger partial charge < -0.3 is 15.0 Å². The van der Waals surface area contributed by atoms with E-state index in [-0.39, 0.29) is 5.91 Å². The molecule has 0 saturated carbocycles. The van der Waals surface area contributed by atoms with Gasteiger partial charge in [0, 0.05) is 45.0 Å². The third-order valence-electron chi connectivity index (χ3n) is 3.49. The number of aromatic nitrogens is 1. The Labute approximate surface area is 114 Å². The fourth-order valence-electron chi connectivity index (χ4n) is 2.18. The minimum absolute atomic E-state index is 0.0822. The molecule has 1 aliphatic heterocycles. The smallest absolute Gasteiger partial charge is 0.272 e. The number of ether oxygens (including phenoxy) is 1. The van der Waals surface area contributed by atoms with Crippen molar-refractivity contribution in [1.82, 2.24) is 9.88 Å². The quantitative estimate of drug-likeness (QED) is 0.897. The van der Waals surface area contributed by atoms with Crippen LogP contribution in [0.2, 0.25) is 0 Å². The van der Waals surface area contributed by atoms with E-state index in [2.05, 4.69) is 17.2 Å². The van der Waals surface area contributed by atoms with Gasteiger partial charge >= 0.3 is 0 Å². The number of nitrogens with one attached hydrogen (secondary N) is 1. The van der Waals surface area contributed by atoms with Crippen LogP contribution in [0.4, 0.5) is 5.69 Å². The van der Waals surface area contributed by atoms with Crippen molar-refractivity contribution in [2.75, 3.05) is 32.6 Å². The van der Waals surface area contributed by atoms with Gasteiger partial charge in [-0.05, 0) is 25.5 Å². The lowest BCUT2D eigenvalue weighted by molar-refractivity contribution is 0.0822. The van der Waals surface area contributed by atoms with Crippen LogP contribution >= 0.6 is 0 Å². The predicted molar refractivity (Wildman–Crippen MR) is 74.3 cm³/mol. The fourth-order valence-corrected chi connectivity index (χ4v) is 2.18. The van der Waals surface area contributed by atoms with E-state index in [9.17, 15) is 4.79 Å². The summed E-state index contributed by atoms with van der Waals surface area (Å²) in [5.41, 5.74) is 1.39. The van der Waals surface area contributed by atoms with Crippen LogP contribution in [0.1, 0.15) is 23.8 Å². The first kappa shape index (κ1) is 13.8. The number of pyridine rings is 1. The summed E-state index contributed by atoms with van der Waals surface area (Å²) in [6.45, 7) is 3.81. The number of anilines is 1. The lowest BCUT2D eigenvalue weighted by Crippen LogP contribution is -2.23. The summed E-state index contributed by atoms with van der Waals surface area (Å²) in [6, 6.07) is 3.68. The molecule has 1 aromatic heterocycles. The first-order valence-electron chi connectivity index (χ1n) is 6.61. The maximum absolute atomic E-state index is 11.8. The van der Waals surface area contributed by atoms with E-state index in [1.54, 1.807) is 26.4 Å². The second-order valence-electron chi connectivity index (χ2n) is 5.13. The minimum atomic E-state index is -0.0822. The van der Waals surface area contributed by atoms with Crippen LogP contribution in [-0.2, 0) is 4.74 Å². The van der Waals surface area contributed by atoms with Gasteiger partial charge in [0.15, 0.2) is 0 Å². The number of hydrogen-bond donors (Lipinski definition) is 1. The molecule has 5 heteroatoms. The molecule has 0 aromatic carbocycles. The maximum Gasteiger partial charge on any atom is 0.272 e. The third kappa shape index (κ3) is 3.44. The number of carbonyl (C=O) groups excluding carboxylic acids is 1. The highest BCUT2D eigenvalue weighted by Gasteiger charge is 2.23. The second-order valence-corrected chi connectivity index (χ2v) is 5.13. The van der Waals surface area contributed by atoms with Crippen LogP contribution in [0.5, 0.6) is 0 Å². The van der Waals surface area contributed by atoms with Gasteiger partial charge in [-0.1, -0.05) is 0 Å². The molecule has 1 aliphatic rings. The number of nitrogens with zero attached hydrogens (tertiary/aromatic N) is 2. The van der Waals surface area contributed by atoms with Crippen LogP contribution in [0, 0.1) is 5.92 Å². The Bertz CT molecular complexity index is 448. The van der Waals surface area contributed by atoms with Gasteiger partial charge in [0.2, 0.25) is 0 Å². The molecule has 0 spiro atoms. The van der Waals surface area contributed by atoms with Crippen molar-refractivity contribution in [2.45, 2.75) is 19.4 Å². The topological polar surface area (TPSA) is 54.5 Å². The van der Waals surface area contributed by atoms with E-state index >= 15 is 0 Å². The SMILES string of the molecule is CC1OCCC1CNc1ccnc(C(=O)N(C)C)c1. The molecule has 104 valence electrons. The van der Waals surface area contributed by atoms with E-state index in [4.69, 9.17) is 4.74 Å². The van der Waals surface area contributed by atoms with Crippen molar-refractivity contribution < 1.29 is 9.53 Å². The van der Waals surface area contributed by atoms with E-state index in [0.29, 0.717) is 17.7 Å². The lowest BCUT2D eigenvalue weighted by atomic mass is 10.0. The fraction of sp³-hybridized carbons (Fsp3) is 0.571. The highest BCUT2D eigenvalue weighted by atomic mass is 16.5. The number of rotatable bonds is 4. The van der Waals surface area contributed by atoms with Crippen molar-refractivity contribution >= 4 is 11.6 Å². The van der Waals surface area contributed by atoms with Crippen LogP contribution < -0.4 is 5.32 Å². The third-order valence-corrected chi connectivity index (χ3v) is 3.49. The van der Waals surface area contributed by atoms with Gasteiger partial charge in [0.05, 0.1) is 6.10 Å². The van der Waals surface area contributed by atoms with Gasteiger partial charge in [-0.3, -0.25) is 9.78 Å². The second kappa shape index (κ2) is 6.02. The Kier molecular flexibility index (Phi) is 4.37. The largest absolute Gasteiger partial charge is 0.385 e. The summed E-state index contributed by atoms with van der Waals surface area (Å²) in [4.78, 5) is 17.5. The van der Waals surface area contributed by atoms with Gasteiger partial charge in [0.25, 0.3) is 5.91 Å². The van der Waals surface area contributed by atoms with Crippen molar-refractivity contribution in [3.8, 4) is 0 Å². The molecule has 2 unspecified atom stereocenters. The molecule has 0 bridgehead atoms. The van der Waals surface area contributed by atoms with Gasteiger partial charge in [-0.15, -0.1) is 0 Å². The molecule has 5 nitrogen and oxygen atoms in total. The van der Waals surface area contributed by atoms with Crippen LogP contribution in [-0.4, -0.2) is 49.1 Å². The van der Waals surface area contributed by atoms with Crippen molar-refractivity contribution in [1.29, 1.82) is 0 Å². The number of carbonyl (C=O) groups is 1. The summed E-state index contributed by atoms with van der Waals surface area (Å²) in [5, 5.41) is 3.36. The lowest BCUT2D eigenvalue weighted by Gasteiger charge is -2.16. The van der Waals surface area contributed by atoms with Crippen molar-refractivity contribution in [2.24, 2.45) is 5.92 Å². The minimum Gasteiger partial charge on any atom is -0.385 e. The highest BCUT2D eigenvalue weighted by Crippen LogP contribution is 2.21. The summed E-state index contributed by atoms with van der Waals surface area (Å²) >= 11 is 0. The van der Waals surface area contributed by atoms with Gasteiger partial charge in [-0.2, -0.15) is 0 Å². The zero-order chi connectivity index (χ0) is 13.8. The Morgan fingerprint density at radius 3 is 3.00 bits per heavy atom. The monoisotopic (exact) mass is 263 g/mol. The molecule has 1 saturated heterocycles. The number of amides is 1. The Morgan fingerprint density at radius 1 is 1.58 bits per heavy atom. The molecule has 1 aromatic rings. The zero-order valence-corrected chi connectivity index (χ0v) is 11.7. The van der Waals surface area contributed by atoms with Gasteiger partial charge in [-0.25, -0.2) is 0 Å². The van der Waals surface area contributed by atoms with E-state index < -0.39 is 0 Å². The van der Waals surface area contributed by atoms with Crippen LogP contribution in [0.25, 0.3) is 0 Å². The van der Waals surface area contributed by atoms with Gasteiger partial charge in [0.1, 0.15) is 5.69 Å². The summed E-state index contributed by atoms with van der Waals surface area (Å²) < 4.78 is 5.53. The van der Waals surface area contributed by atoms with E-state index in [0.717, 1.165) is 25.3 Å². The van der Waals surface area contributed by atoms with E-state index in [1.807, 2.05) is 6.07 Å². The normalized spacial score (nSPS) is 22.3. The molecule has 2 rings (SSSR count). The molecule has 2 heterocycles. The summed E-state index contributed by atoms with van der Waals surface area (Å²) in [7, 11) is 3.45. The molecule has 1 fully saturated rings. The summed E-state index contributed by atoms with van der Waals surface area (Å²) in [6.07, 6.45) is 3.05. The first-order valence-corrected chi connectivity index (χ1v) is 6.61. The van der Waals surface area contributed by atoms with Crippen LogP contribution in [0.3, 0.4) is 0 Å². The Morgan fingerprint density at radius 2 is 2.37 bits per heavy atom. The Hall–Kier alpha value is -1.62. The van der Waals surface area contributed by atoms with Crippen LogP contribution in [0.15, 0.2) is 18.3 Å². The average Bonchev–Trinajstić information content (AvgIpc) is 2.81. The molecule has 1 N–H and O–H groups in total. The summed E-state index contributed by atoms with van der Waals surface area (Å²) in [5.74, 6) is 0.447. The molecule has 0 aliphatic carbocycles. The van der Waals surface area contributed by atoms with Crippen molar-refractivity contribution in [3.05, 3.63) is 24.0 Å². The molecule has 19 heavy (non-hydrogen) atoms. The molecule has 2 atom stereocenters. The molecular weight excluding hydrogens is 242 g/mol. The predicted octanol–water partition coefficient (Wildman–Crippen LogP) is 1.62. The first-order chi connectivity index (χ1) is 9.08. The molecule has 0 radical (unpaired) electrons. The number of hydrogen-bond acceptors (Lipinski definition) is 4. The standard InChI is InChI=1S/C14H21N3O2/c1-10-11(5-7-19-10)9-16-12-4-6-15-13(8-12)14(18)17(2)3/h4,6,8,10-11H,5,7,9H2,1-3H3,(H,15,16). The Balaban J connectivity index is 1.97. The maximum atomic E-state index is 11.8. The average molecular weight is 263 g/mol. The van der Waals surface area contributed by atoms with E-state index in [1.165, 1.54) is 4.90 Å². The molecular formula is C14H21N3O2.